The maximum Gasteiger partial charge on any atom is 0.0843 e. The van der Waals surface area contributed by atoms with Crippen LogP contribution in [0.25, 0.3) is 33.3 Å². The van der Waals surface area contributed by atoms with Crippen molar-refractivity contribution in [2.75, 3.05) is 6.54 Å². The molecule has 176 valence electrons. The molecule has 3 aromatic carbocycles. The SMILES string of the molecule is Cc1cc(C)c2c(c1)c(-c1ccccc1)c(-c1ccccc1)n2C[C@H](O)CNC1CCCCC1. The first-order valence-electron chi connectivity index (χ1n) is 12.8. The third-order valence-corrected chi connectivity index (χ3v) is 7.24. The van der Waals surface area contributed by atoms with Crippen LogP contribution in [-0.2, 0) is 6.54 Å². The third kappa shape index (κ3) is 4.68. The molecule has 1 aromatic heterocycles. The van der Waals surface area contributed by atoms with Crippen LogP contribution < -0.4 is 5.32 Å². The zero-order chi connectivity index (χ0) is 23.5. The second-order valence-corrected chi connectivity index (χ2v) is 9.94. The van der Waals surface area contributed by atoms with E-state index in [2.05, 4.69) is 96.5 Å². The lowest BCUT2D eigenvalue weighted by molar-refractivity contribution is 0.146. The van der Waals surface area contributed by atoms with Crippen molar-refractivity contribution in [2.24, 2.45) is 0 Å². The number of aliphatic hydroxyl groups is 1. The normalized spacial score (nSPS) is 15.6. The fraction of sp³-hybridized carbons (Fsp3) is 0.355. The van der Waals surface area contributed by atoms with Crippen LogP contribution in [0, 0.1) is 13.8 Å². The molecule has 0 radical (unpaired) electrons. The summed E-state index contributed by atoms with van der Waals surface area (Å²) in [4.78, 5) is 0. The maximum atomic E-state index is 11.2. The number of fused-ring (bicyclic) bond motifs is 1. The van der Waals surface area contributed by atoms with Gasteiger partial charge in [-0.25, -0.2) is 0 Å². The second-order valence-electron chi connectivity index (χ2n) is 9.94. The summed E-state index contributed by atoms with van der Waals surface area (Å²) in [6.45, 7) is 5.56. The summed E-state index contributed by atoms with van der Waals surface area (Å²) in [5.74, 6) is 0. The molecule has 2 N–H and O–H groups in total. The Bertz CT molecular complexity index is 1240. The summed E-state index contributed by atoms with van der Waals surface area (Å²) < 4.78 is 2.37. The van der Waals surface area contributed by atoms with Crippen LogP contribution in [-0.4, -0.2) is 28.4 Å². The summed E-state index contributed by atoms with van der Waals surface area (Å²) >= 11 is 0. The van der Waals surface area contributed by atoms with Crippen LogP contribution >= 0.6 is 0 Å². The number of aryl methyl sites for hydroxylation is 2. The predicted octanol–water partition coefficient (Wildman–Crippen LogP) is 6.88. The highest BCUT2D eigenvalue weighted by atomic mass is 16.3. The fourth-order valence-corrected chi connectivity index (χ4v) is 5.74. The first kappa shape index (κ1) is 22.9. The number of hydrogen-bond acceptors (Lipinski definition) is 2. The summed E-state index contributed by atoms with van der Waals surface area (Å²) in [6, 6.07) is 26.4. The van der Waals surface area contributed by atoms with E-state index in [1.54, 1.807) is 0 Å². The molecule has 1 aliphatic rings. The quantitative estimate of drug-likeness (QED) is 0.321. The number of aliphatic hydroxyl groups excluding tert-OH is 1. The van der Waals surface area contributed by atoms with E-state index < -0.39 is 6.10 Å². The van der Waals surface area contributed by atoms with Crippen molar-refractivity contribution in [3.05, 3.63) is 83.9 Å². The van der Waals surface area contributed by atoms with Gasteiger partial charge in [-0.1, -0.05) is 91.6 Å². The van der Waals surface area contributed by atoms with Gasteiger partial charge in [0, 0.05) is 23.5 Å². The molecule has 0 spiro atoms. The Labute approximate surface area is 203 Å². The largest absolute Gasteiger partial charge is 0.390 e. The van der Waals surface area contributed by atoms with E-state index in [1.165, 1.54) is 76.5 Å². The van der Waals surface area contributed by atoms with E-state index in [9.17, 15) is 5.11 Å². The first-order valence-corrected chi connectivity index (χ1v) is 12.8. The van der Waals surface area contributed by atoms with Gasteiger partial charge in [-0.3, -0.25) is 0 Å². The van der Waals surface area contributed by atoms with E-state index >= 15 is 0 Å². The van der Waals surface area contributed by atoms with E-state index in [4.69, 9.17) is 0 Å². The minimum Gasteiger partial charge on any atom is -0.390 e. The van der Waals surface area contributed by atoms with Gasteiger partial charge in [-0.2, -0.15) is 0 Å². The molecule has 3 nitrogen and oxygen atoms in total. The van der Waals surface area contributed by atoms with E-state index in [0.29, 0.717) is 19.1 Å². The van der Waals surface area contributed by atoms with Crippen molar-refractivity contribution < 1.29 is 5.11 Å². The van der Waals surface area contributed by atoms with Crippen LogP contribution in [0.2, 0.25) is 0 Å². The molecular weight excluding hydrogens is 416 g/mol. The Morgan fingerprint density at radius 1 is 0.882 bits per heavy atom. The number of rotatable bonds is 7. The molecule has 0 amide bonds. The third-order valence-electron chi connectivity index (χ3n) is 7.24. The van der Waals surface area contributed by atoms with Crippen LogP contribution in [0.4, 0.5) is 0 Å². The topological polar surface area (TPSA) is 37.2 Å². The van der Waals surface area contributed by atoms with E-state index in [1.807, 2.05) is 0 Å². The summed E-state index contributed by atoms with van der Waals surface area (Å²) in [6.07, 6.45) is 5.94. The molecule has 0 bridgehead atoms. The minimum atomic E-state index is -0.454. The van der Waals surface area contributed by atoms with Gasteiger partial charge < -0.3 is 15.0 Å². The van der Waals surface area contributed by atoms with Crippen molar-refractivity contribution in [1.29, 1.82) is 0 Å². The monoisotopic (exact) mass is 452 g/mol. The summed E-state index contributed by atoms with van der Waals surface area (Å²) in [5, 5.41) is 16.1. The highest BCUT2D eigenvalue weighted by Crippen LogP contribution is 2.42. The van der Waals surface area contributed by atoms with Crippen LogP contribution in [0.1, 0.15) is 43.2 Å². The number of hydrogen-bond donors (Lipinski definition) is 2. The van der Waals surface area contributed by atoms with E-state index in [0.717, 1.165) is 0 Å². The average Bonchev–Trinajstić information content (AvgIpc) is 3.18. The highest BCUT2D eigenvalue weighted by Gasteiger charge is 2.23. The molecule has 0 unspecified atom stereocenters. The molecule has 1 aliphatic carbocycles. The zero-order valence-electron chi connectivity index (χ0n) is 20.4. The van der Waals surface area contributed by atoms with Gasteiger partial charge in [0.05, 0.1) is 23.9 Å². The lowest BCUT2D eigenvalue weighted by Crippen LogP contribution is -2.38. The van der Waals surface area contributed by atoms with Gasteiger partial charge in [-0.15, -0.1) is 0 Å². The van der Waals surface area contributed by atoms with Gasteiger partial charge in [0.1, 0.15) is 0 Å². The van der Waals surface area contributed by atoms with Crippen molar-refractivity contribution in [2.45, 2.75) is 64.6 Å². The van der Waals surface area contributed by atoms with Gasteiger partial charge in [-0.05, 0) is 49.4 Å². The first-order chi connectivity index (χ1) is 16.6. The molecular formula is C31H36N2O. The Morgan fingerprint density at radius 3 is 2.21 bits per heavy atom. The fourth-order valence-electron chi connectivity index (χ4n) is 5.74. The number of nitrogens with one attached hydrogen (secondary N) is 1. The van der Waals surface area contributed by atoms with Gasteiger partial charge in [0.2, 0.25) is 0 Å². The number of benzene rings is 3. The number of nitrogens with zero attached hydrogens (tertiary/aromatic N) is 1. The molecule has 5 rings (SSSR count). The van der Waals surface area contributed by atoms with Crippen molar-refractivity contribution in [3.63, 3.8) is 0 Å². The molecule has 1 heterocycles. The lowest BCUT2D eigenvalue weighted by atomic mass is 9.95. The molecule has 1 saturated carbocycles. The van der Waals surface area contributed by atoms with Gasteiger partial charge in [0.15, 0.2) is 0 Å². The van der Waals surface area contributed by atoms with Crippen LogP contribution in [0.15, 0.2) is 72.8 Å². The molecule has 4 aromatic rings. The Hall–Kier alpha value is -2.88. The predicted molar refractivity (Wildman–Crippen MR) is 143 cm³/mol. The van der Waals surface area contributed by atoms with Crippen molar-refractivity contribution in [1.82, 2.24) is 9.88 Å². The zero-order valence-corrected chi connectivity index (χ0v) is 20.4. The van der Waals surface area contributed by atoms with Crippen LogP contribution in [0.5, 0.6) is 0 Å². The second kappa shape index (κ2) is 10.2. The van der Waals surface area contributed by atoms with E-state index in [-0.39, 0.29) is 0 Å². The van der Waals surface area contributed by atoms with Crippen LogP contribution in [0.3, 0.4) is 0 Å². The maximum absolute atomic E-state index is 11.2. The standard InChI is InChI=1S/C31H36N2O/c1-22-18-23(2)30-28(19-22)29(24-12-6-3-7-13-24)31(25-14-8-4-9-15-25)33(30)21-27(34)20-32-26-16-10-5-11-17-26/h3-4,6-9,12-15,18-19,26-27,32,34H,5,10-11,16-17,20-21H2,1-2H3/t27-/m1/s1. The Kier molecular flexibility index (Phi) is 6.85. The molecule has 1 fully saturated rings. The number of aromatic nitrogens is 1. The lowest BCUT2D eigenvalue weighted by Gasteiger charge is -2.25. The minimum absolute atomic E-state index is 0.454. The molecule has 0 saturated heterocycles. The van der Waals surface area contributed by atoms with Gasteiger partial charge >= 0.3 is 0 Å². The van der Waals surface area contributed by atoms with Crippen molar-refractivity contribution >= 4 is 10.9 Å². The van der Waals surface area contributed by atoms with Gasteiger partial charge in [0.25, 0.3) is 0 Å². The molecule has 34 heavy (non-hydrogen) atoms. The molecule has 3 heteroatoms. The molecule has 0 aliphatic heterocycles. The van der Waals surface area contributed by atoms with Crippen molar-refractivity contribution in [3.8, 4) is 22.4 Å². The Morgan fingerprint density at radius 2 is 1.53 bits per heavy atom. The molecule has 1 atom stereocenters. The summed E-state index contributed by atoms with van der Waals surface area (Å²) in [5.41, 5.74) is 8.57. The Balaban J connectivity index is 1.62. The average molecular weight is 453 g/mol. The highest BCUT2D eigenvalue weighted by molar-refractivity contribution is 6.06. The summed E-state index contributed by atoms with van der Waals surface area (Å²) in [7, 11) is 0. The smallest absolute Gasteiger partial charge is 0.0843 e.